The van der Waals surface area contributed by atoms with Gasteiger partial charge in [-0.2, -0.15) is 10.2 Å². The molecule has 2 N–H and O–H groups in total. The number of amides is 1. The van der Waals surface area contributed by atoms with Gasteiger partial charge >= 0.3 is 0 Å². The number of hydrogen-bond donors (Lipinski definition) is 1. The summed E-state index contributed by atoms with van der Waals surface area (Å²) >= 11 is 0. The molecule has 2 aromatic carbocycles. The summed E-state index contributed by atoms with van der Waals surface area (Å²) in [6.45, 7) is 0. The minimum Gasteiger partial charge on any atom is -0.367 e. The van der Waals surface area contributed by atoms with Gasteiger partial charge in [-0.15, -0.1) is 0 Å². The molecule has 6 nitrogen and oxygen atoms in total. The lowest BCUT2D eigenvalue weighted by molar-refractivity contribution is -0.121. The van der Waals surface area contributed by atoms with Crippen molar-refractivity contribution in [3.8, 4) is 0 Å². The summed E-state index contributed by atoms with van der Waals surface area (Å²) < 4.78 is 36.2. The Labute approximate surface area is 143 Å². The molecule has 25 heavy (non-hydrogen) atoms. The number of carbonyl (C=O) groups is 1. The summed E-state index contributed by atoms with van der Waals surface area (Å²) in [6, 6.07) is 11.3. The Morgan fingerprint density at radius 1 is 1.08 bits per heavy atom. The van der Waals surface area contributed by atoms with Crippen molar-refractivity contribution in [3.63, 3.8) is 0 Å². The summed E-state index contributed by atoms with van der Waals surface area (Å²) in [5.74, 6) is -1.19. The van der Waals surface area contributed by atoms with E-state index in [1.807, 2.05) is 0 Å². The van der Waals surface area contributed by atoms with Crippen LogP contribution < -0.4 is 5.73 Å². The van der Waals surface area contributed by atoms with Gasteiger partial charge in [0.2, 0.25) is 5.54 Å². The average molecular weight is 359 g/mol. The topological polar surface area (TPSA) is 102 Å². The van der Waals surface area contributed by atoms with Crippen LogP contribution in [0.5, 0.6) is 0 Å². The number of nitrogens with zero attached hydrogens (tertiary/aromatic N) is 2. The van der Waals surface area contributed by atoms with Crippen molar-refractivity contribution in [2.75, 3.05) is 6.26 Å². The first kappa shape index (κ1) is 17.0. The number of hydrogen-bond acceptors (Lipinski definition) is 5. The van der Waals surface area contributed by atoms with Crippen molar-refractivity contribution in [1.29, 1.82) is 0 Å². The zero-order chi connectivity index (χ0) is 18.2. The molecule has 1 atom stereocenters. The Kier molecular flexibility index (Phi) is 4.00. The second-order valence-corrected chi connectivity index (χ2v) is 7.68. The van der Waals surface area contributed by atoms with E-state index in [1.54, 1.807) is 12.1 Å². The monoisotopic (exact) mass is 359 g/mol. The minimum atomic E-state index is -3.31. The Morgan fingerprint density at radius 2 is 1.68 bits per heavy atom. The molecule has 1 aliphatic rings. The maximum absolute atomic E-state index is 13.1. The van der Waals surface area contributed by atoms with Crippen LogP contribution >= 0.6 is 0 Å². The fourth-order valence-corrected chi connectivity index (χ4v) is 3.14. The number of halogens is 1. The molecule has 0 bridgehead atoms. The Bertz CT molecular complexity index is 996. The summed E-state index contributed by atoms with van der Waals surface area (Å²) in [5.41, 5.74) is 5.36. The Morgan fingerprint density at radius 3 is 2.20 bits per heavy atom. The van der Waals surface area contributed by atoms with E-state index in [1.165, 1.54) is 42.5 Å². The minimum absolute atomic E-state index is 0.173. The van der Waals surface area contributed by atoms with Crippen LogP contribution in [0.25, 0.3) is 5.70 Å². The SMILES string of the molecule is CS(=O)(=O)c1ccc(C2=CC(C(N)=O)(c3ccc(F)cc3)N=N2)cc1. The zero-order valence-electron chi connectivity index (χ0n) is 13.2. The molecule has 0 radical (unpaired) electrons. The third kappa shape index (κ3) is 3.08. The van der Waals surface area contributed by atoms with Gasteiger partial charge < -0.3 is 5.73 Å². The van der Waals surface area contributed by atoms with Gasteiger partial charge in [-0.3, -0.25) is 4.79 Å². The predicted octanol–water partition coefficient (Wildman–Crippen LogP) is 2.42. The highest BCUT2D eigenvalue weighted by atomic mass is 32.2. The quantitative estimate of drug-likeness (QED) is 0.907. The fraction of sp³-hybridized carbons (Fsp3) is 0.118. The van der Waals surface area contributed by atoms with Crippen LogP contribution in [0.15, 0.2) is 69.7 Å². The molecule has 0 saturated carbocycles. The largest absolute Gasteiger partial charge is 0.367 e. The molecule has 1 amide bonds. The van der Waals surface area contributed by atoms with Crippen LogP contribution in [0.2, 0.25) is 0 Å². The highest BCUT2D eigenvalue weighted by molar-refractivity contribution is 7.90. The molecule has 8 heteroatoms. The molecule has 0 spiro atoms. The molecule has 1 unspecified atom stereocenters. The molecule has 128 valence electrons. The fourth-order valence-electron chi connectivity index (χ4n) is 2.51. The Hall–Kier alpha value is -2.87. The van der Waals surface area contributed by atoms with E-state index >= 15 is 0 Å². The highest BCUT2D eigenvalue weighted by Crippen LogP contribution is 2.38. The van der Waals surface area contributed by atoms with Gasteiger partial charge in [0.25, 0.3) is 5.91 Å². The van der Waals surface area contributed by atoms with Gasteiger partial charge in [0.15, 0.2) is 9.84 Å². The number of azo groups is 1. The zero-order valence-corrected chi connectivity index (χ0v) is 14.0. The molecule has 2 aromatic rings. The lowest BCUT2D eigenvalue weighted by Crippen LogP contribution is -2.36. The summed E-state index contributed by atoms with van der Waals surface area (Å²) in [6.07, 6.45) is 2.60. The molecule has 1 heterocycles. The van der Waals surface area contributed by atoms with Crippen LogP contribution in [0, 0.1) is 5.82 Å². The van der Waals surface area contributed by atoms with Crippen LogP contribution in [-0.4, -0.2) is 20.6 Å². The van der Waals surface area contributed by atoms with Crippen molar-refractivity contribution in [2.45, 2.75) is 10.4 Å². The Balaban J connectivity index is 2.03. The van der Waals surface area contributed by atoms with Gasteiger partial charge in [-0.05, 0) is 35.9 Å². The smallest absolute Gasteiger partial charge is 0.256 e. The van der Waals surface area contributed by atoms with Crippen LogP contribution in [0.1, 0.15) is 11.1 Å². The summed E-state index contributed by atoms with van der Waals surface area (Å²) in [7, 11) is -3.31. The summed E-state index contributed by atoms with van der Waals surface area (Å²) in [5, 5.41) is 8.03. The van der Waals surface area contributed by atoms with E-state index in [-0.39, 0.29) is 4.90 Å². The van der Waals surface area contributed by atoms with Crippen molar-refractivity contribution in [1.82, 2.24) is 0 Å². The molecule has 0 saturated heterocycles. The van der Waals surface area contributed by atoms with E-state index in [9.17, 15) is 17.6 Å². The number of benzene rings is 2. The normalized spacial score (nSPS) is 19.7. The van der Waals surface area contributed by atoms with Gasteiger partial charge in [-0.25, -0.2) is 12.8 Å². The average Bonchev–Trinajstić information content (AvgIpc) is 3.01. The van der Waals surface area contributed by atoms with E-state index in [0.717, 1.165) is 6.26 Å². The number of rotatable bonds is 4. The van der Waals surface area contributed by atoms with E-state index in [2.05, 4.69) is 10.2 Å². The summed E-state index contributed by atoms with van der Waals surface area (Å²) in [4.78, 5) is 12.2. The number of sulfone groups is 1. The van der Waals surface area contributed by atoms with Crippen LogP contribution in [0.3, 0.4) is 0 Å². The molecular weight excluding hydrogens is 345 g/mol. The van der Waals surface area contributed by atoms with E-state index in [0.29, 0.717) is 16.8 Å². The molecular formula is C17H14FN3O3S. The van der Waals surface area contributed by atoms with Crippen molar-refractivity contribution >= 4 is 21.4 Å². The lowest BCUT2D eigenvalue weighted by Gasteiger charge is -2.18. The number of nitrogens with two attached hydrogens (primary N) is 1. The first-order valence-corrected chi connectivity index (χ1v) is 9.14. The molecule has 0 aliphatic carbocycles. The predicted molar refractivity (Wildman–Crippen MR) is 89.7 cm³/mol. The van der Waals surface area contributed by atoms with Gasteiger partial charge in [0, 0.05) is 11.8 Å². The van der Waals surface area contributed by atoms with Crippen molar-refractivity contribution < 1.29 is 17.6 Å². The van der Waals surface area contributed by atoms with Crippen LogP contribution in [0.4, 0.5) is 4.39 Å². The van der Waals surface area contributed by atoms with Crippen molar-refractivity contribution in [2.24, 2.45) is 16.0 Å². The van der Waals surface area contributed by atoms with Crippen LogP contribution in [-0.2, 0) is 20.2 Å². The second kappa shape index (κ2) is 5.89. The maximum Gasteiger partial charge on any atom is 0.256 e. The lowest BCUT2D eigenvalue weighted by atomic mass is 9.89. The standard InChI is InChI=1S/C17H14FN3O3S/c1-25(23,24)14-8-2-11(3-9-14)15-10-17(16(19)22,21-20-15)12-4-6-13(18)7-5-12/h2-10H,1H3,(H2,19,22). The number of carbonyl (C=O) groups excluding carboxylic acids is 1. The van der Waals surface area contributed by atoms with E-state index < -0.39 is 27.1 Å². The first-order chi connectivity index (χ1) is 11.7. The number of primary amides is 1. The molecule has 3 rings (SSSR count). The molecule has 1 aliphatic heterocycles. The van der Waals surface area contributed by atoms with Gasteiger partial charge in [-0.1, -0.05) is 24.3 Å². The second-order valence-electron chi connectivity index (χ2n) is 5.66. The maximum atomic E-state index is 13.1. The third-order valence-corrected chi connectivity index (χ3v) is 5.03. The highest BCUT2D eigenvalue weighted by Gasteiger charge is 2.40. The first-order valence-electron chi connectivity index (χ1n) is 7.24. The molecule has 0 fully saturated rings. The third-order valence-electron chi connectivity index (χ3n) is 3.90. The molecule has 0 aromatic heterocycles. The van der Waals surface area contributed by atoms with Gasteiger partial charge in [0.1, 0.15) is 5.82 Å². The van der Waals surface area contributed by atoms with Gasteiger partial charge in [0.05, 0.1) is 10.6 Å². The van der Waals surface area contributed by atoms with E-state index in [4.69, 9.17) is 5.73 Å². The van der Waals surface area contributed by atoms with Crippen molar-refractivity contribution in [3.05, 3.63) is 71.6 Å².